The summed E-state index contributed by atoms with van der Waals surface area (Å²) in [7, 11) is -2.36. The molecule has 4 aromatic carbocycles. The second-order valence-electron chi connectivity index (χ2n) is 8.01. The summed E-state index contributed by atoms with van der Waals surface area (Å²) in [5.74, 6) is 0.453. The first kappa shape index (κ1) is 24.6. The molecule has 5 nitrogen and oxygen atoms in total. The fraction of sp³-hybridized carbons (Fsp3) is 0.107. The third kappa shape index (κ3) is 5.75. The lowest BCUT2D eigenvalue weighted by molar-refractivity contribution is 0.102. The fourth-order valence-electron chi connectivity index (χ4n) is 3.65. The van der Waals surface area contributed by atoms with Crippen LogP contribution >= 0.6 is 11.8 Å². The summed E-state index contributed by atoms with van der Waals surface area (Å²) < 4.78 is 27.4. The van der Waals surface area contributed by atoms with Gasteiger partial charge in [-0.05, 0) is 60.5 Å². The van der Waals surface area contributed by atoms with Crippen LogP contribution in [0.4, 0.5) is 11.4 Å². The lowest BCUT2D eigenvalue weighted by Crippen LogP contribution is -2.29. The van der Waals surface area contributed by atoms with Gasteiger partial charge in [-0.2, -0.15) is 0 Å². The number of carbonyl (C=O) groups is 1. The summed E-state index contributed by atoms with van der Waals surface area (Å²) in [6.45, 7) is 1.95. The van der Waals surface area contributed by atoms with Crippen LogP contribution in [0.5, 0.6) is 0 Å². The SMILES string of the molecule is Cc1cc(CSc2ccccc2)ccc1NC(=O)c1ccccc1N(C)S(=O)(=O)c1ccccc1. The van der Waals surface area contributed by atoms with Gasteiger partial charge in [-0.3, -0.25) is 9.10 Å². The van der Waals surface area contributed by atoms with Crippen LogP contribution in [0, 0.1) is 6.92 Å². The van der Waals surface area contributed by atoms with E-state index in [2.05, 4.69) is 23.5 Å². The number of nitrogens with zero attached hydrogens (tertiary/aromatic N) is 1. The van der Waals surface area contributed by atoms with E-state index in [-0.39, 0.29) is 16.4 Å². The van der Waals surface area contributed by atoms with E-state index in [1.165, 1.54) is 24.1 Å². The van der Waals surface area contributed by atoms with Crippen molar-refractivity contribution in [3.63, 3.8) is 0 Å². The van der Waals surface area contributed by atoms with E-state index >= 15 is 0 Å². The van der Waals surface area contributed by atoms with Crippen molar-refractivity contribution in [1.29, 1.82) is 0 Å². The highest BCUT2D eigenvalue weighted by Crippen LogP contribution is 2.28. The lowest BCUT2D eigenvalue weighted by Gasteiger charge is -2.22. The third-order valence-corrected chi connectivity index (χ3v) is 8.45. The molecule has 1 amide bonds. The number of nitrogens with one attached hydrogen (secondary N) is 1. The van der Waals surface area contributed by atoms with Crippen molar-refractivity contribution in [2.24, 2.45) is 0 Å². The van der Waals surface area contributed by atoms with Crippen LogP contribution in [-0.4, -0.2) is 21.4 Å². The Kier molecular flexibility index (Phi) is 7.58. The topological polar surface area (TPSA) is 66.5 Å². The highest BCUT2D eigenvalue weighted by Gasteiger charge is 2.25. The normalized spacial score (nSPS) is 11.1. The molecule has 0 heterocycles. The molecule has 0 aromatic heterocycles. The minimum absolute atomic E-state index is 0.164. The molecule has 0 saturated carbocycles. The standard InChI is InChI=1S/C28H26N2O3S2/c1-21-19-22(20-34-23-11-5-3-6-12-23)17-18-26(21)29-28(31)25-15-9-10-16-27(25)30(2)35(32,33)24-13-7-4-8-14-24/h3-19H,20H2,1-2H3,(H,29,31). The van der Waals surface area contributed by atoms with Crippen LogP contribution in [0.2, 0.25) is 0 Å². The molecule has 0 unspecified atom stereocenters. The zero-order valence-electron chi connectivity index (χ0n) is 19.5. The Bertz CT molecular complexity index is 1420. The number of thioether (sulfide) groups is 1. The van der Waals surface area contributed by atoms with Crippen molar-refractivity contribution >= 4 is 39.1 Å². The van der Waals surface area contributed by atoms with Gasteiger partial charge in [-0.15, -0.1) is 11.8 Å². The molecule has 7 heteroatoms. The lowest BCUT2D eigenvalue weighted by atomic mass is 10.1. The Morgan fingerprint density at radius 1 is 0.857 bits per heavy atom. The first-order valence-corrected chi connectivity index (χ1v) is 13.5. The molecule has 4 rings (SSSR count). The maximum atomic E-state index is 13.2. The van der Waals surface area contributed by atoms with Gasteiger partial charge in [0.2, 0.25) is 0 Å². The number of hydrogen-bond donors (Lipinski definition) is 1. The number of benzene rings is 4. The Morgan fingerprint density at radius 2 is 1.49 bits per heavy atom. The monoisotopic (exact) mass is 502 g/mol. The van der Waals surface area contributed by atoms with Crippen molar-refractivity contribution in [2.75, 3.05) is 16.7 Å². The van der Waals surface area contributed by atoms with Gasteiger partial charge in [0.15, 0.2) is 0 Å². The number of aryl methyl sites for hydroxylation is 1. The van der Waals surface area contributed by atoms with Gasteiger partial charge < -0.3 is 5.32 Å². The number of anilines is 2. The highest BCUT2D eigenvalue weighted by atomic mass is 32.2. The summed E-state index contributed by atoms with van der Waals surface area (Å²) in [4.78, 5) is 14.6. The summed E-state index contributed by atoms with van der Waals surface area (Å²) in [5, 5.41) is 2.95. The number of rotatable bonds is 8. The maximum Gasteiger partial charge on any atom is 0.264 e. The molecule has 0 radical (unpaired) electrons. The predicted molar refractivity (Wildman–Crippen MR) is 144 cm³/mol. The van der Waals surface area contributed by atoms with E-state index in [1.54, 1.807) is 54.2 Å². The molecule has 0 aliphatic rings. The van der Waals surface area contributed by atoms with Crippen molar-refractivity contribution in [3.8, 4) is 0 Å². The molecule has 1 N–H and O–H groups in total. The van der Waals surface area contributed by atoms with E-state index in [4.69, 9.17) is 0 Å². The second kappa shape index (κ2) is 10.8. The molecule has 0 spiro atoms. The molecule has 178 valence electrons. The van der Waals surface area contributed by atoms with Gasteiger partial charge in [-0.1, -0.05) is 60.7 Å². The number of para-hydroxylation sites is 1. The smallest absolute Gasteiger partial charge is 0.264 e. The Balaban J connectivity index is 1.52. The Labute approximate surface area is 210 Å². The molecule has 0 saturated heterocycles. The average molecular weight is 503 g/mol. The summed E-state index contributed by atoms with van der Waals surface area (Å²) in [6, 6.07) is 31.0. The van der Waals surface area contributed by atoms with E-state index in [9.17, 15) is 13.2 Å². The van der Waals surface area contributed by atoms with Gasteiger partial charge in [0, 0.05) is 23.4 Å². The largest absolute Gasteiger partial charge is 0.322 e. The molecular weight excluding hydrogens is 476 g/mol. The van der Waals surface area contributed by atoms with Crippen molar-refractivity contribution in [1.82, 2.24) is 0 Å². The minimum atomic E-state index is -3.81. The first-order chi connectivity index (χ1) is 16.9. The summed E-state index contributed by atoms with van der Waals surface area (Å²) >= 11 is 1.75. The number of sulfonamides is 1. The molecule has 0 bridgehead atoms. The Hall–Kier alpha value is -3.55. The number of hydrogen-bond acceptors (Lipinski definition) is 4. The quantitative estimate of drug-likeness (QED) is 0.285. The second-order valence-corrected chi connectivity index (χ2v) is 11.0. The van der Waals surface area contributed by atoms with Crippen molar-refractivity contribution in [3.05, 3.63) is 120 Å². The van der Waals surface area contributed by atoms with Gasteiger partial charge in [0.1, 0.15) is 0 Å². The minimum Gasteiger partial charge on any atom is -0.322 e. The molecular formula is C28H26N2O3S2. The van der Waals surface area contributed by atoms with Crippen molar-refractivity contribution in [2.45, 2.75) is 22.5 Å². The molecule has 4 aromatic rings. The van der Waals surface area contributed by atoms with E-state index in [0.29, 0.717) is 11.4 Å². The van der Waals surface area contributed by atoms with Gasteiger partial charge in [0.25, 0.3) is 15.9 Å². The van der Waals surface area contributed by atoms with Gasteiger partial charge in [-0.25, -0.2) is 8.42 Å². The van der Waals surface area contributed by atoms with Crippen molar-refractivity contribution < 1.29 is 13.2 Å². The van der Waals surface area contributed by atoms with Crippen LogP contribution in [-0.2, 0) is 15.8 Å². The van der Waals surface area contributed by atoms with E-state index in [1.807, 2.05) is 37.3 Å². The molecule has 0 aliphatic heterocycles. The van der Waals surface area contributed by atoms with Crippen LogP contribution in [0.25, 0.3) is 0 Å². The fourth-order valence-corrected chi connectivity index (χ4v) is 5.75. The van der Waals surface area contributed by atoms with E-state index < -0.39 is 10.0 Å². The van der Waals surface area contributed by atoms with Crippen LogP contribution in [0.1, 0.15) is 21.5 Å². The summed E-state index contributed by atoms with van der Waals surface area (Å²) in [5.41, 5.74) is 3.36. The van der Waals surface area contributed by atoms with E-state index in [0.717, 1.165) is 21.2 Å². The summed E-state index contributed by atoms with van der Waals surface area (Å²) in [6.07, 6.45) is 0. The number of amides is 1. The number of carbonyl (C=O) groups excluding carboxylic acids is 1. The van der Waals surface area contributed by atoms with Crippen LogP contribution < -0.4 is 9.62 Å². The molecule has 0 aliphatic carbocycles. The zero-order valence-corrected chi connectivity index (χ0v) is 21.1. The molecule has 35 heavy (non-hydrogen) atoms. The van der Waals surface area contributed by atoms with Crippen LogP contribution in [0.3, 0.4) is 0 Å². The van der Waals surface area contributed by atoms with Crippen LogP contribution in [0.15, 0.2) is 113 Å². The highest BCUT2D eigenvalue weighted by molar-refractivity contribution is 7.98. The predicted octanol–water partition coefficient (Wildman–Crippen LogP) is 6.36. The average Bonchev–Trinajstić information content (AvgIpc) is 2.89. The van der Waals surface area contributed by atoms with Gasteiger partial charge >= 0.3 is 0 Å². The zero-order chi connectivity index (χ0) is 24.8. The third-order valence-electron chi connectivity index (χ3n) is 5.58. The molecule has 0 fully saturated rings. The molecule has 0 atom stereocenters. The maximum absolute atomic E-state index is 13.2. The first-order valence-electron chi connectivity index (χ1n) is 11.1. The Morgan fingerprint density at radius 3 is 2.17 bits per heavy atom. The van der Waals surface area contributed by atoms with Gasteiger partial charge in [0.05, 0.1) is 16.1 Å².